The number of ether oxygens (including phenoxy) is 1. The summed E-state index contributed by atoms with van der Waals surface area (Å²) in [7, 11) is 0. The van der Waals surface area contributed by atoms with Crippen LogP contribution in [0.25, 0.3) is 11.1 Å². The monoisotopic (exact) mass is 354 g/mol. The highest BCUT2D eigenvalue weighted by atomic mass is 16.5. The van der Waals surface area contributed by atoms with E-state index >= 15 is 0 Å². The fourth-order valence-corrected chi connectivity index (χ4v) is 2.62. The van der Waals surface area contributed by atoms with Crippen LogP contribution in [0.5, 0.6) is 5.75 Å². The Morgan fingerprint density at radius 2 is 1.96 bits per heavy atom. The second kappa shape index (κ2) is 9.01. The fourth-order valence-electron chi connectivity index (χ4n) is 2.62. The van der Waals surface area contributed by atoms with E-state index in [1.54, 1.807) is 18.2 Å². The number of nitrogens with zero attached hydrogens (tertiary/aromatic N) is 1. The van der Waals surface area contributed by atoms with Crippen LogP contribution in [0.2, 0.25) is 0 Å². The van der Waals surface area contributed by atoms with Crippen LogP contribution in [0, 0.1) is 0 Å². The van der Waals surface area contributed by atoms with Crippen molar-refractivity contribution in [3.8, 4) is 5.75 Å². The van der Waals surface area contributed by atoms with Crippen molar-refractivity contribution in [3.63, 3.8) is 0 Å². The van der Waals surface area contributed by atoms with Crippen LogP contribution in [-0.2, 0) is 6.42 Å². The van der Waals surface area contributed by atoms with Gasteiger partial charge in [0.1, 0.15) is 11.3 Å². The number of fused-ring (bicyclic) bond motifs is 1. The maximum atomic E-state index is 10.9. The van der Waals surface area contributed by atoms with Crippen molar-refractivity contribution in [3.05, 3.63) is 60.0 Å². The summed E-state index contributed by atoms with van der Waals surface area (Å²) < 4.78 is 11.3. The predicted molar refractivity (Wildman–Crippen MR) is 98.7 cm³/mol. The summed E-state index contributed by atoms with van der Waals surface area (Å²) in [6.07, 6.45) is 2.61. The van der Waals surface area contributed by atoms with Crippen LogP contribution >= 0.6 is 0 Å². The molecule has 0 aliphatic rings. The molecule has 0 atom stereocenters. The molecule has 1 aromatic heterocycles. The molecule has 3 rings (SSSR count). The highest BCUT2D eigenvalue weighted by molar-refractivity contribution is 5.88. The lowest BCUT2D eigenvalue weighted by atomic mass is 10.2. The Balaban J connectivity index is 1.28. The van der Waals surface area contributed by atoms with E-state index in [1.807, 2.05) is 24.3 Å². The molecule has 6 nitrogen and oxygen atoms in total. The maximum Gasteiger partial charge on any atom is 0.335 e. The average Bonchev–Trinajstić information content (AvgIpc) is 3.07. The van der Waals surface area contributed by atoms with Gasteiger partial charge >= 0.3 is 5.97 Å². The molecule has 0 spiro atoms. The lowest BCUT2D eigenvalue weighted by Crippen LogP contribution is -2.19. The van der Waals surface area contributed by atoms with Gasteiger partial charge in [-0.05, 0) is 56.3 Å². The zero-order valence-corrected chi connectivity index (χ0v) is 14.5. The summed E-state index contributed by atoms with van der Waals surface area (Å²) in [5.74, 6) is 0.409. The predicted octanol–water partition coefficient (Wildman–Crippen LogP) is 3.52. The van der Waals surface area contributed by atoms with Gasteiger partial charge in [0.15, 0.2) is 11.5 Å². The van der Waals surface area contributed by atoms with Crippen molar-refractivity contribution in [2.45, 2.75) is 19.3 Å². The third-order valence-corrected chi connectivity index (χ3v) is 3.93. The highest BCUT2D eigenvalue weighted by Gasteiger charge is 2.05. The Kier molecular flexibility index (Phi) is 6.22. The summed E-state index contributed by atoms with van der Waals surface area (Å²) in [6.45, 7) is 2.26. The first-order valence-electron chi connectivity index (χ1n) is 8.74. The van der Waals surface area contributed by atoms with Gasteiger partial charge in [-0.3, -0.25) is 0 Å². The van der Waals surface area contributed by atoms with Crippen molar-refractivity contribution >= 4 is 17.1 Å². The first-order valence-corrected chi connectivity index (χ1v) is 8.74. The van der Waals surface area contributed by atoms with Crippen molar-refractivity contribution in [2.24, 2.45) is 0 Å². The van der Waals surface area contributed by atoms with Gasteiger partial charge in [0.2, 0.25) is 0 Å². The van der Waals surface area contributed by atoms with Gasteiger partial charge in [0.25, 0.3) is 0 Å². The summed E-state index contributed by atoms with van der Waals surface area (Å²) in [4.78, 5) is 15.4. The average molecular weight is 354 g/mol. The van der Waals surface area contributed by atoms with Crippen molar-refractivity contribution in [1.82, 2.24) is 10.3 Å². The largest absolute Gasteiger partial charge is 0.494 e. The molecule has 1 heterocycles. The molecule has 3 aromatic rings. The van der Waals surface area contributed by atoms with Crippen molar-refractivity contribution < 1.29 is 19.1 Å². The molecule has 0 amide bonds. The van der Waals surface area contributed by atoms with E-state index < -0.39 is 5.97 Å². The number of hydrogen-bond donors (Lipinski definition) is 2. The number of oxazole rings is 1. The molecule has 0 aliphatic heterocycles. The molecule has 2 aromatic carbocycles. The Morgan fingerprint density at radius 1 is 1.12 bits per heavy atom. The van der Waals surface area contributed by atoms with Crippen LogP contribution < -0.4 is 10.1 Å². The van der Waals surface area contributed by atoms with Crippen LogP contribution in [0.1, 0.15) is 29.1 Å². The second-order valence-electron chi connectivity index (χ2n) is 5.96. The topological polar surface area (TPSA) is 84.6 Å². The first kappa shape index (κ1) is 17.9. The fraction of sp³-hybridized carbons (Fsp3) is 0.300. The lowest BCUT2D eigenvalue weighted by molar-refractivity contribution is 0.0696. The smallest absolute Gasteiger partial charge is 0.335 e. The SMILES string of the molecule is O=C(O)c1cccc(OCCCNCCCc2nc3ccccc3o2)c1. The number of para-hydroxylation sites is 2. The van der Waals surface area contributed by atoms with E-state index in [2.05, 4.69) is 10.3 Å². The minimum absolute atomic E-state index is 0.236. The minimum atomic E-state index is -0.948. The normalized spacial score (nSPS) is 10.9. The molecule has 0 saturated carbocycles. The molecule has 0 bridgehead atoms. The van der Waals surface area contributed by atoms with Gasteiger partial charge in [0.05, 0.1) is 12.2 Å². The lowest BCUT2D eigenvalue weighted by Gasteiger charge is -2.07. The van der Waals surface area contributed by atoms with Crippen LogP contribution in [0.15, 0.2) is 52.9 Å². The molecule has 0 fully saturated rings. The van der Waals surface area contributed by atoms with Gasteiger partial charge in [-0.15, -0.1) is 0 Å². The van der Waals surface area contributed by atoms with E-state index in [0.717, 1.165) is 49.3 Å². The van der Waals surface area contributed by atoms with Crippen LogP contribution in [-0.4, -0.2) is 35.8 Å². The van der Waals surface area contributed by atoms with E-state index in [9.17, 15) is 4.79 Å². The molecular formula is C20H22N2O4. The molecule has 0 unspecified atom stereocenters. The van der Waals surface area contributed by atoms with Crippen LogP contribution in [0.4, 0.5) is 0 Å². The van der Waals surface area contributed by atoms with Gasteiger partial charge in [0, 0.05) is 6.42 Å². The number of aromatic nitrogens is 1. The zero-order valence-electron chi connectivity index (χ0n) is 14.5. The Bertz CT molecular complexity index is 827. The van der Waals surface area contributed by atoms with Gasteiger partial charge in [-0.1, -0.05) is 18.2 Å². The second-order valence-corrected chi connectivity index (χ2v) is 5.96. The number of rotatable bonds is 10. The molecule has 0 aliphatic carbocycles. The molecule has 6 heteroatoms. The van der Waals surface area contributed by atoms with Crippen molar-refractivity contribution in [1.29, 1.82) is 0 Å². The molecule has 136 valence electrons. The number of aryl methyl sites for hydroxylation is 1. The maximum absolute atomic E-state index is 10.9. The Morgan fingerprint density at radius 3 is 2.81 bits per heavy atom. The molecule has 0 radical (unpaired) electrons. The molecule has 0 saturated heterocycles. The van der Waals surface area contributed by atoms with Gasteiger partial charge < -0.3 is 19.6 Å². The van der Waals surface area contributed by atoms with E-state index in [-0.39, 0.29) is 5.56 Å². The van der Waals surface area contributed by atoms with E-state index in [0.29, 0.717) is 12.4 Å². The first-order chi connectivity index (χ1) is 12.7. The Hall–Kier alpha value is -2.86. The summed E-state index contributed by atoms with van der Waals surface area (Å²) in [5.41, 5.74) is 1.97. The third-order valence-electron chi connectivity index (χ3n) is 3.93. The third kappa shape index (κ3) is 5.07. The number of nitrogens with one attached hydrogen (secondary N) is 1. The van der Waals surface area contributed by atoms with Gasteiger partial charge in [-0.25, -0.2) is 9.78 Å². The molecule has 26 heavy (non-hydrogen) atoms. The van der Waals surface area contributed by atoms with Crippen molar-refractivity contribution in [2.75, 3.05) is 19.7 Å². The van der Waals surface area contributed by atoms with E-state index in [4.69, 9.17) is 14.3 Å². The summed E-state index contributed by atoms with van der Waals surface area (Å²) in [6, 6.07) is 14.3. The number of aromatic carboxylic acids is 1. The number of hydrogen-bond acceptors (Lipinski definition) is 5. The minimum Gasteiger partial charge on any atom is -0.494 e. The van der Waals surface area contributed by atoms with Gasteiger partial charge in [-0.2, -0.15) is 0 Å². The number of carboxylic acids is 1. The summed E-state index contributed by atoms with van der Waals surface area (Å²) >= 11 is 0. The number of carbonyl (C=O) groups is 1. The van der Waals surface area contributed by atoms with Crippen LogP contribution in [0.3, 0.4) is 0 Å². The standard InChI is InChI=1S/C20H22N2O4/c23-20(24)15-6-3-7-16(14-15)25-13-5-12-21-11-4-10-19-22-17-8-1-2-9-18(17)26-19/h1-3,6-9,14,21H,4-5,10-13H2,(H,23,24). The Labute approximate surface area is 151 Å². The zero-order chi connectivity index (χ0) is 18.2. The quantitative estimate of drug-likeness (QED) is 0.542. The van der Waals surface area contributed by atoms with E-state index in [1.165, 1.54) is 6.07 Å². The number of carboxylic acid groups (broad SMARTS) is 1. The summed E-state index contributed by atoms with van der Waals surface area (Å²) in [5, 5.41) is 12.3. The molecule has 2 N–H and O–H groups in total. The molecular weight excluding hydrogens is 332 g/mol. The highest BCUT2D eigenvalue weighted by Crippen LogP contribution is 2.15. The number of benzene rings is 2.